The normalized spacial score (nSPS) is 16.7. The molecule has 214 valence electrons. The van der Waals surface area contributed by atoms with Crippen molar-refractivity contribution < 1.29 is 27.5 Å². The summed E-state index contributed by atoms with van der Waals surface area (Å²) in [5.74, 6) is 0.160. The summed E-state index contributed by atoms with van der Waals surface area (Å²) < 4.78 is 39.3. The Morgan fingerprint density at radius 1 is 1.02 bits per heavy atom. The van der Waals surface area contributed by atoms with E-state index in [1.807, 2.05) is 39.8 Å². The summed E-state index contributed by atoms with van der Waals surface area (Å²) in [4.78, 5) is 28.4. The van der Waals surface area contributed by atoms with E-state index in [9.17, 15) is 18.0 Å². The van der Waals surface area contributed by atoms with Gasteiger partial charge in [0.1, 0.15) is 12.3 Å². The average Bonchev–Trinajstić information content (AvgIpc) is 3.31. The highest BCUT2D eigenvalue weighted by Crippen LogP contribution is 2.44. The van der Waals surface area contributed by atoms with Gasteiger partial charge in [-0.2, -0.15) is 0 Å². The first-order valence-electron chi connectivity index (χ1n) is 14.0. The quantitative estimate of drug-likeness (QED) is 0.435. The van der Waals surface area contributed by atoms with Gasteiger partial charge in [-0.3, -0.25) is 9.59 Å². The van der Waals surface area contributed by atoms with Gasteiger partial charge in [0.05, 0.1) is 37.3 Å². The number of carbonyl (C=O) groups excluding carboxylic acids is 2. The summed E-state index contributed by atoms with van der Waals surface area (Å²) in [6, 6.07) is 13.2. The smallest absolute Gasteiger partial charge is 0.264 e. The second kappa shape index (κ2) is 12.0. The molecule has 2 fully saturated rings. The molecule has 5 rings (SSSR count). The fourth-order valence-corrected chi connectivity index (χ4v) is 6.41. The molecule has 1 aliphatic carbocycles. The fourth-order valence-electron chi connectivity index (χ4n) is 5.87. The first-order valence-corrected chi connectivity index (χ1v) is 15.7. The summed E-state index contributed by atoms with van der Waals surface area (Å²) in [5.41, 5.74) is 4.09. The average molecular weight is 568 g/mol. The number of sulfonamides is 1. The molecule has 0 spiro atoms. The molecule has 1 N–H and O–H groups in total. The third kappa shape index (κ3) is 5.88. The number of ether oxygens (including phenoxy) is 2. The summed E-state index contributed by atoms with van der Waals surface area (Å²) >= 11 is 0. The van der Waals surface area contributed by atoms with Crippen molar-refractivity contribution in [2.75, 3.05) is 39.2 Å². The van der Waals surface area contributed by atoms with Crippen molar-refractivity contribution in [3.8, 4) is 17.0 Å². The van der Waals surface area contributed by atoms with Crippen LogP contribution in [-0.2, 0) is 26.1 Å². The number of amides is 2. The second-order valence-electron chi connectivity index (χ2n) is 10.5. The summed E-state index contributed by atoms with van der Waals surface area (Å²) in [7, 11) is -2.09. The van der Waals surface area contributed by atoms with Crippen LogP contribution in [0, 0.1) is 0 Å². The maximum absolute atomic E-state index is 13.6. The molecule has 2 heterocycles. The Morgan fingerprint density at radius 3 is 2.38 bits per heavy atom. The second-order valence-corrected chi connectivity index (χ2v) is 12.5. The van der Waals surface area contributed by atoms with Crippen molar-refractivity contribution in [1.29, 1.82) is 0 Å². The highest BCUT2D eigenvalue weighted by atomic mass is 32.2. The highest BCUT2D eigenvalue weighted by Gasteiger charge is 2.29. The van der Waals surface area contributed by atoms with E-state index in [4.69, 9.17) is 9.47 Å². The van der Waals surface area contributed by atoms with Crippen molar-refractivity contribution in [3.63, 3.8) is 0 Å². The minimum absolute atomic E-state index is 0.0198. The van der Waals surface area contributed by atoms with Gasteiger partial charge in [-0.1, -0.05) is 25.3 Å². The lowest BCUT2D eigenvalue weighted by atomic mass is 9.81. The molecule has 0 radical (unpaired) electrons. The number of benzene rings is 2. The topological polar surface area (TPSA) is 107 Å². The Hall–Kier alpha value is -3.37. The molecule has 9 nitrogen and oxygen atoms in total. The third-order valence-corrected chi connectivity index (χ3v) is 9.28. The maximum Gasteiger partial charge on any atom is 0.264 e. The third-order valence-electron chi connectivity index (χ3n) is 8.03. The number of aromatic nitrogens is 1. The van der Waals surface area contributed by atoms with Crippen LogP contribution in [0.4, 0.5) is 0 Å². The van der Waals surface area contributed by atoms with Gasteiger partial charge in [0, 0.05) is 24.0 Å². The minimum Gasteiger partial charge on any atom is -0.497 e. The summed E-state index contributed by atoms with van der Waals surface area (Å²) in [6.07, 6.45) is 5.59. The molecule has 1 saturated carbocycles. The lowest BCUT2D eigenvalue weighted by molar-refractivity contribution is -0.135. The van der Waals surface area contributed by atoms with E-state index in [0.29, 0.717) is 32.2 Å². The standard InChI is InChI=1S/C30H37N3O6S/c1-3-40(36,37)31-30(35)23-11-14-25-26(19-23)33(20-27(34)32-15-17-39-18-16-32)29(22-9-12-24(38-2)13-10-22)28(25)21-7-5-4-6-8-21/h9-14,19,21H,3-8,15-18,20H2,1-2H3,(H,31,35). The maximum atomic E-state index is 13.6. The van der Waals surface area contributed by atoms with E-state index in [-0.39, 0.29) is 23.8 Å². The predicted molar refractivity (Wildman–Crippen MR) is 154 cm³/mol. The van der Waals surface area contributed by atoms with Crippen LogP contribution in [0.2, 0.25) is 0 Å². The molecule has 1 aliphatic heterocycles. The zero-order chi connectivity index (χ0) is 28.3. The molecule has 3 aromatic rings. The van der Waals surface area contributed by atoms with Gasteiger partial charge in [-0.15, -0.1) is 0 Å². The van der Waals surface area contributed by atoms with Crippen LogP contribution in [0.25, 0.3) is 22.2 Å². The fraction of sp³-hybridized carbons (Fsp3) is 0.467. The molecule has 0 unspecified atom stereocenters. The van der Waals surface area contributed by atoms with Gasteiger partial charge < -0.3 is 18.9 Å². The van der Waals surface area contributed by atoms with Gasteiger partial charge in [0.15, 0.2) is 0 Å². The lowest BCUT2D eigenvalue weighted by Gasteiger charge is -2.28. The molecule has 0 bridgehead atoms. The van der Waals surface area contributed by atoms with Crippen LogP contribution in [0.5, 0.6) is 5.75 Å². The first-order chi connectivity index (χ1) is 19.3. The number of carbonyl (C=O) groups is 2. The molecular formula is C30H37N3O6S. The molecule has 2 aromatic carbocycles. The Balaban J connectivity index is 1.70. The van der Waals surface area contributed by atoms with E-state index < -0.39 is 15.9 Å². The predicted octanol–water partition coefficient (Wildman–Crippen LogP) is 4.30. The van der Waals surface area contributed by atoms with E-state index in [1.54, 1.807) is 19.2 Å². The van der Waals surface area contributed by atoms with Crippen molar-refractivity contribution >= 4 is 32.7 Å². The number of methoxy groups -OCH3 is 1. The van der Waals surface area contributed by atoms with Crippen LogP contribution in [0.15, 0.2) is 42.5 Å². The zero-order valence-electron chi connectivity index (χ0n) is 23.1. The van der Waals surface area contributed by atoms with Gasteiger partial charge in [-0.25, -0.2) is 13.1 Å². The molecule has 10 heteroatoms. The van der Waals surface area contributed by atoms with Crippen LogP contribution >= 0.6 is 0 Å². The van der Waals surface area contributed by atoms with E-state index in [1.165, 1.54) is 18.9 Å². The largest absolute Gasteiger partial charge is 0.497 e. The van der Waals surface area contributed by atoms with Gasteiger partial charge in [0.2, 0.25) is 15.9 Å². The lowest BCUT2D eigenvalue weighted by Crippen LogP contribution is -2.42. The molecule has 2 aliphatic rings. The summed E-state index contributed by atoms with van der Waals surface area (Å²) in [6.45, 7) is 3.67. The van der Waals surface area contributed by atoms with Crippen molar-refractivity contribution in [1.82, 2.24) is 14.2 Å². The van der Waals surface area contributed by atoms with Crippen LogP contribution < -0.4 is 9.46 Å². The van der Waals surface area contributed by atoms with Gasteiger partial charge >= 0.3 is 0 Å². The SMILES string of the molecule is CCS(=O)(=O)NC(=O)c1ccc2c(C3CCCCC3)c(-c3ccc(OC)cc3)n(CC(=O)N3CCOCC3)c2c1. The number of hydrogen-bond donors (Lipinski definition) is 1. The highest BCUT2D eigenvalue weighted by molar-refractivity contribution is 7.90. The molecule has 2 amide bonds. The minimum atomic E-state index is -3.72. The van der Waals surface area contributed by atoms with Crippen molar-refractivity contribution in [3.05, 3.63) is 53.6 Å². The van der Waals surface area contributed by atoms with Crippen LogP contribution in [0.1, 0.15) is 60.9 Å². The van der Waals surface area contributed by atoms with Gasteiger partial charge in [-0.05, 0) is 73.2 Å². The zero-order valence-corrected chi connectivity index (χ0v) is 24.0. The van der Waals surface area contributed by atoms with E-state index >= 15 is 0 Å². The Labute approximate surface area is 235 Å². The number of nitrogens with zero attached hydrogens (tertiary/aromatic N) is 2. The Kier molecular flexibility index (Phi) is 8.46. The molecular weight excluding hydrogens is 530 g/mol. The van der Waals surface area contributed by atoms with E-state index in [2.05, 4.69) is 4.72 Å². The van der Waals surface area contributed by atoms with Crippen molar-refractivity contribution in [2.24, 2.45) is 0 Å². The first kappa shape index (κ1) is 28.2. The van der Waals surface area contributed by atoms with Gasteiger partial charge in [0.25, 0.3) is 5.91 Å². The number of morpholine rings is 1. The summed E-state index contributed by atoms with van der Waals surface area (Å²) in [5, 5.41) is 0.988. The molecule has 0 atom stereocenters. The Morgan fingerprint density at radius 2 is 1.73 bits per heavy atom. The molecule has 1 saturated heterocycles. The monoisotopic (exact) mass is 567 g/mol. The molecule has 40 heavy (non-hydrogen) atoms. The number of nitrogens with one attached hydrogen (secondary N) is 1. The van der Waals surface area contributed by atoms with Crippen LogP contribution in [-0.4, -0.2) is 68.9 Å². The number of fused-ring (bicyclic) bond motifs is 1. The molecule has 1 aromatic heterocycles. The Bertz CT molecular complexity index is 1480. The van der Waals surface area contributed by atoms with Crippen LogP contribution in [0.3, 0.4) is 0 Å². The number of hydrogen-bond acceptors (Lipinski definition) is 6. The number of rotatable bonds is 8. The van der Waals surface area contributed by atoms with Crippen molar-refractivity contribution in [2.45, 2.75) is 51.5 Å². The van der Waals surface area contributed by atoms with E-state index in [0.717, 1.165) is 53.6 Å².